The lowest BCUT2D eigenvalue weighted by Gasteiger charge is -2.32. The molecule has 1 N–H and O–H groups in total. The van der Waals surface area contributed by atoms with Gasteiger partial charge in [0.2, 0.25) is 0 Å². The second kappa shape index (κ2) is 8.51. The molecule has 1 aromatic rings. The van der Waals surface area contributed by atoms with Gasteiger partial charge in [0.05, 0.1) is 5.75 Å². The molecule has 0 saturated carbocycles. The first-order valence-electron chi connectivity index (χ1n) is 8.63. The van der Waals surface area contributed by atoms with E-state index in [9.17, 15) is 18.0 Å². The summed E-state index contributed by atoms with van der Waals surface area (Å²) in [6.07, 6.45) is 3.57. The van der Waals surface area contributed by atoms with Gasteiger partial charge in [-0.3, -0.25) is 4.79 Å². The van der Waals surface area contributed by atoms with Crippen LogP contribution in [0.4, 0.5) is 4.79 Å². The number of carbonyl (C=O) groups excluding carboxylic acids is 1. The summed E-state index contributed by atoms with van der Waals surface area (Å²) in [6.45, 7) is 4.06. The highest BCUT2D eigenvalue weighted by Gasteiger charge is 2.25. The number of hydrogen-bond acceptors (Lipinski definition) is 4. The number of amides is 2. The van der Waals surface area contributed by atoms with Crippen molar-refractivity contribution >= 4 is 15.9 Å². The maximum absolute atomic E-state index is 12.3. The second-order valence-corrected chi connectivity index (χ2v) is 8.97. The van der Waals surface area contributed by atoms with E-state index in [1.165, 1.54) is 12.3 Å². The van der Waals surface area contributed by atoms with Crippen molar-refractivity contribution < 1.29 is 13.2 Å². The first kappa shape index (κ1) is 19.5. The number of hydrogen-bond donors (Lipinski definition) is 1. The van der Waals surface area contributed by atoms with Gasteiger partial charge in [-0.05, 0) is 38.2 Å². The predicted octanol–water partition coefficient (Wildman–Crippen LogP) is 1.01. The molecule has 2 heterocycles. The zero-order chi connectivity index (χ0) is 18.4. The largest absolute Gasteiger partial charge is 0.338 e. The molecule has 1 saturated heterocycles. The van der Waals surface area contributed by atoms with Crippen LogP contribution in [0.3, 0.4) is 0 Å². The number of rotatable bonds is 6. The SMILES string of the molecule is Cc1cccc(=O)n1CCCNC(=O)N1CCC[C@@H](CS(C)(=O)=O)C1. The molecule has 25 heavy (non-hydrogen) atoms. The van der Waals surface area contributed by atoms with Crippen LogP contribution in [-0.2, 0) is 16.4 Å². The van der Waals surface area contributed by atoms with Crippen LogP contribution in [0.15, 0.2) is 23.0 Å². The average Bonchev–Trinajstić information content (AvgIpc) is 2.52. The van der Waals surface area contributed by atoms with E-state index in [1.54, 1.807) is 15.5 Å². The molecule has 0 aromatic carbocycles. The van der Waals surface area contributed by atoms with E-state index in [-0.39, 0.29) is 23.3 Å². The predicted molar refractivity (Wildman–Crippen MR) is 97.5 cm³/mol. The Balaban J connectivity index is 1.77. The molecule has 2 rings (SSSR count). The summed E-state index contributed by atoms with van der Waals surface area (Å²) in [5.41, 5.74) is 0.865. The number of aromatic nitrogens is 1. The fraction of sp³-hybridized carbons (Fsp3) is 0.647. The molecule has 7 nitrogen and oxygen atoms in total. The first-order chi connectivity index (χ1) is 11.8. The summed E-state index contributed by atoms with van der Waals surface area (Å²) in [5.74, 6) is 0.146. The van der Waals surface area contributed by atoms with Crippen molar-refractivity contribution in [3.05, 3.63) is 34.2 Å². The van der Waals surface area contributed by atoms with Crippen molar-refractivity contribution in [3.8, 4) is 0 Å². The normalized spacial score (nSPS) is 18.2. The van der Waals surface area contributed by atoms with Crippen molar-refractivity contribution in [3.63, 3.8) is 0 Å². The summed E-state index contributed by atoms with van der Waals surface area (Å²) in [5, 5.41) is 2.87. The lowest BCUT2D eigenvalue weighted by Crippen LogP contribution is -2.47. The molecule has 1 aromatic heterocycles. The Morgan fingerprint density at radius 1 is 1.36 bits per heavy atom. The third-order valence-corrected chi connectivity index (χ3v) is 5.52. The molecule has 0 radical (unpaired) electrons. The van der Waals surface area contributed by atoms with Crippen molar-refractivity contribution in [2.24, 2.45) is 5.92 Å². The number of sulfone groups is 1. The summed E-state index contributed by atoms with van der Waals surface area (Å²) in [6, 6.07) is 4.99. The molecule has 1 fully saturated rings. The first-order valence-corrected chi connectivity index (χ1v) is 10.7. The number of nitrogens with one attached hydrogen (secondary N) is 1. The topological polar surface area (TPSA) is 88.5 Å². The van der Waals surface area contributed by atoms with E-state index in [0.29, 0.717) is 32.6 Å². The van der Waals surface area contributed by atoms with Crippen molar-refractivity contribution in [2.75, 3.05) is 31.6 Å². The van der Waals surface area contributed by atoms with Crippen LogP contribution in [0.1, 0.15) is 25.0 Å². The van der Waals surface area contributed by atoms with Crippen LogP contribution < -0.4 is 10.9 Å². The van der Waals surface area contributed by atoms with Gasteiger partial charge in [-0.1, -0.05) is 6.07 Å². The van der Waals surface area contributed by atoms with Crippen molar-refractivity contribution in [1.29, 1.82) is 0 Å². The third-order valence-electron chi connectivity index (χ3n) is 4.45. The highest BCUT2D eigenvalue weighted by Crippen LogP contribution is 2.18. The van der Waals surface area contributed by atoms with E-state index >= 15 is 0 Å². The Kier molecular flexibility index (Phi) is 6.64. The number of nitrogens with zero attached hydrogens (tertiary/aromatic N) is 2. The minimum atomic E-state index is -3.02. The maximum atomic E-state index is 12.3. The van der Waals surface area contributed by atoms with Gasteiger partial charge in [0.15, 0.2) is 0 Å². The number of urea groups is 1. The number of pyridine rings is 1. The van der Waals surface area contributed by atoms with Gasteiger partial charge in [-0.2, -0.15) is 0 Å². The van der Waals surface area contributed by atoms with E-state index < -0.39 is 9.84 Å². The molecule has 1 aliphatic heterocycles. The van der Waals surface area contributed by atoms with Gasteiger partial charge in [0, 0.05) is 44.2 Å². The van der Waals surface area contributed by atoms with Crippen LogP contribution in [-0.4, -0.2) is 55.6 Å². The second-order valence-electron chi connectivity index (χ2n) is 6.79. The maximum Gasteiger partial charge on any atom is 0.317 e. The van der Waals surface area contributed by atoms with Gasteiger partial charge >= 0.3 is 6.03 Å². The molecule has 1 atom stereocenters. The quantitative estimate of drug-likeness (QED) is 0.758. The van der Waals surface area contributed by atoms with Gasteiger partial charge in [0.1, 0.15) is 9.84 Å². The Hall–Kier alpha value is -1.83. The van der Waals surface area contributed by atoms with Crippen LogP contribution in [0.25, 0.3) is 0 Å². The molecule has 140 valence electrons. The molecule has 2 amide bonds. The van der Waals surface area contributed by atoms with E-state index in [0.717, 1.165) is 18.5 Å². The van der Waals surface area contributed by atoms with Gasteiger partial charge < -0.3 is 14.8 Å². The van der Waals surface area contributed by atoms with Gasteiger partial charge in [-0.25, -0.2) is 13.2 Å². The lowest BCUT2D eigenvalue weighted by atomic mass is 10.0. The molecule has 0 unspecified atom stereocenters. The number of likely N-dealkylation sites (tertiary alicyclic amines) is 1. The fourth-order valence-corrected chi connectivity index (χ4v) is 4.40. The summed E-state index contributed by atoms with van der Waals surface area (Å²) >= 11 is 0. The molecule has 0 spiro atoms. The van der Waals surface area contributed by atoms with Crippen LogP contribution in [0.5, 0.6) is 0 Å². The molecule has 1 aliphatic rings. The molecular weight excluding hydrogens is 342 g/mol. The third kappa shape index (κ3) is 6.19. The van der Waals surface area contributed by atoms with E-state index in [2.05, 4.69) is 5.32 Å². The number of carbonyl (C=O) groups is 1. The summed E-state index contributed by atoms with van der Waals surface area (Å²) in [7, 11) is -3.02. The summed E-state index contributed by atoms with van der Waals surface area (Å²) in [4.78, 5) is 25.7. The van der Waals surface area contributed by atoms with Crippen molar-refractivity contribution in [1.82, 2.24) is 14.8 Å². The van der Waals surface area contributed by atoms with E-state index in [4.69, 9.17) is 0 Å². The smallest absolute Gasteiger partial charge is 0.317 e. The average molecular weight is 369 g/mol. The molecule has 0 aliphatic carbocycles. The van der Waals surface area contributed by atoms with Gasteiger partial charge in [-0.15, -0.1) is 0 Å². The monoisotopic (exact) mass is 369 g/mol. The Morgan fingerprint density at radius 3 is 2.80 bits per heavy atom. The number of aryl methyl sites for hydroxylation is 1. The highest BCUT2D eigenvalue weighted by atomic mass is 32.2. The number of piperidine rings is 1. The van der Waals surface area contributed by atoms with Crippen LogP contribution in [0, 0.1) is 12.8 Å². The highest BCUT2D eigenvalue weighted by molar-refractivity contribution is 7.90. The van der Waals surface area contributed by atoms with E-state index in [1.807, 2.05) is 13.0 Å². The Morgan fingerprint density at radius 2 is 2.12 bits per heavy atom. The fourth-order valence-electron chi connectivity index (χ4n) is 3.27. The Labute approximate surface area is 148 Å². The van der Waals surface area contributed by atoms with Crippen LogP contribution >= 0.6 is 0 Å². The summed E-state index contributed by atoms with van der Waals surface area (Å²) < 4.78 is 24.5. The molecule has 0 bridgehead atoms. The van der Waals surface area contributed by atoms with Crippen LogP contribution in [0.2, 0.25) is 0 Å². The lowest BCUT2D eigenvalue weighted by molar-refractivity contribution is 0.170. The molecule has 8 heteroatoms. The zero-order valence-corrected chi connectivity index (χ0v) is 15.7. The minimum Gasteiger partial charge on any atom is -0.338 e. The Bertz CT molecular complexity index is 757. The minimum absolute atomic E-state index is 0.0139. The van der Waals surface area contributed by atoms with Gasteiger partial charge in [0.25, 0.3) is 5.56 Å². The molecular formula is C17H27N3O4S. The zero-order valence-electron chi connectivity index (χ0n) is 14.9. The standard InChI is InChI=1S/C17H27N3O4S/c1-14-6-3-8-16(21)20(14)11-5-9-18-17(22)19-10-4-7-15(12-19)13-25(2,23)24/h3,6,8,15H,4-5,7,9-13H2,1-2H3,(H,18,22)/t15-/m1/s1. The van der Waals surface area contributed by atoms with Crippen molar-refractivity contribution in [2.45, 2.75) is 32.7 Å².